The summed E-state index contributed by atoms with van der Waals surface area (Å²) in [5, 5.41) is 5.86. The molecule has 1 aliphatic rings. The largest absolute Gasteiger partial charge is 0.444 e. The zero-order valence-corrected chi connectivity index (χ0v) is 24.6. The monoisotopic (exact) mass is 566 g/mol. The molecule has 0 spiro atoms. The average Bonchev–Trinajstić information content (AvgIpc) is 3.47. The van der Waals surface area contributed by atoms with Crippen LogP contribution in [0, 0.1) is 12.7 Å². The lowest BCUT2D eigenvalue weighted by Gasteiger charge is -2.25. The molecule has 212 valence electrons. The first-order chi connectivity index (χ1) is 18.9. The Balaban J connectivity index is 1.59. The number of rotatable bonds is 5. The van der Waals surface area contributed by atoms with Crippen molar-refractivity contribution in [2.75, 3.05) is 26.0 Å². The van der Waals surface area contributed by atoms with E-state index in [1.807, 2.05) is 40.8 Å². The number of pyridine rings is 1. The Morgan fingerprint density at radius 2 is 1.95 bits per heavy atom. The number of amides is 1. The molecule has 3 aromatic heterocycles. The van der Waals surface area contributed by atoms with E-state index in [9.17, 15) is 4.79 Å². The molecule has 4 heterocycles. The molecule has 0 radical (unpaired) electrons. The number of hydrogen-bond acceptors (Lipinski definition) is 8. The van der Waals surface area contributed by atoms with E-state index in [1.165, 1.54) is 4.90 Å². The minimum atomic E-state index is -0.603. The third kappa shape index (κ3) is 5.40. The predicted molar refractivity (Wildman–Crippen MR) is 155 cm³/mol. The second-order valence-corrected chi connectivity index (χ2v) is 12.3. The lowest BCUT2D eigenvalue weighted by atomic mass is 9.97. The third-order valence-electron chi connectivity index (χ3n) is 7.19. The van der Waals surface area contributed by atoms with Gasteiger partial charge in [0, 0.05) is 66.2 Å². The summed E-state index contributed by atoms with van der Waals surface area (Å²) in [5.74, 6) is -0.0655. The maximum atomic E-state index is 16.0. The Labute approximate surface area is 237 Å². The van der Waals surface area contributed by atoms with E-state index in [0.717, 1.165) is 29.1 Å². The Bertz CT molecular complexity index is 1570. The molecule has 9 nitrogen and oxygen atoms in total. The highest BCUT2D eigenvalue weighted by Crippen LogP contribution is 2.42. The summed E-state index contributed by atoms with van der Waals surface area (Å²) in [5.41, 5.74) is 9.10. The van der Waals surface area contributed by atoms with Crippen LogP contribution in [-0.4, -0.2) is 56.6 Å². The van der Waals surface area contributed by atoms with E-state index < -0.39 is 17.5 Å². The molecule has 4 aromatic rings. The van der Waals surface area contributed by atoms with Gasteiger partial charge in [0.25, 0.3) is 0 Å². The first-order valence-electron chi connectivity index (χ1n) is 13.3. The minimum Gasteiger partial charge on any atom is -0.444 e. The molecule has 0 bridgehead atoms. The number of nitrogens with two attached hydrogens (primary N) is 1. The quantitative estimate of drug-likeness (QED) is 0.313. The second kappa shape index (κ2) is 10.8. The van der Waals surface area contributed by atoms with Gasteiger partial charge in [-0.1, -0.05) is 12.1 Å². The van der Waals surface area contributed by atoms with Crippen LogP contribution < -0.4 is 5.73 Å². The number of aryl methyl sites for hydroxylation is 1. The molecule has 0 saturated carbocycles. The highest BCUT2D eigenvalue weighted by molar-refractivity contribution is 7.15. The molecule has 1 aliphatic heterocycles. The van der Waals surface area contributed by atoms with E-state index in [1.54, 1.807) is 41.5 Å². The van der Waals surface area contributed by atoms with Gasteiger partial charge >= 0.3 is 6.09 Å². The van der Waals surface area contributed by atoms with Crippen molar-refractivity contribution in [1.82, 2.24) is 24.6 Å². The normalized spacial score (nSPS) is 14.6. The molecule has 5 rings (SSSR count). The number of thiazole rings is 1. The highest BCUT2D eigenvalue weighted by atomic mass is 32.1. The third-order valence-corrected chi connectivity index (χ3v) is 8.48. The van der Waals surface area contributed by atoms with Crippen LogP contribution in [0.4, 0.5) is 15.0 Å². The van der Waals surface area contributed by atoms with Crippen molar-refractivity contribution < 1.29 is 18.7 Å². The van der Waals surface area contributed by atoms with Crippen molar-refractivity contribution in [3.05, 3.63) is 46.6 Å². The van der Waals surface area contributed by atoms with E-state index in [0.29, 0.717) is 40.3 Å². The molecule has 1 amide bonds. The maximum Gasteiger partial charge on any atom is 0.410 e. The number of nitrogen functional groups attached to an aromatic ring is 1. The van der Waals surface area contributed by atoms with Crippen molar-refractivity contribution in [3.8, 4) is 21.7 Å². The molecule has 0 unspecified atom stereocenters. The fraction of sp³-hybridized carbons (Fsp3) is 0.448. The molecule has 40 heavy (non-hydrogen) atoms. The number of anilines is 1. The van der Waals surface area contributed by atoms with Gasteiger partial charge in [0.2, 0.25) is 0 Å². The second-order valence-electron chi connectivity index (χ2n) is 11.2. The topological polar surface area (TPSA) is 108 Å². The molecule has 1 fully saturated rings. The molecule has 0 atom stereocenters. The van der Waals surface area contributed by atoms with Crippen LogP contribution in [0.15, 0.2) is 24.5 Å². The first kappa shape index (κ1) is 28.0. The molecule has 2 N–H and O–H groups in total. The van der Waals surface area contributed by atoms with E-state index in [2.05, 4.69) is 10.1 Å². The summed E-state index contributed by atoms with van der Waals surface area (Å²) in [6.45, 7) is 9.05. The summed E-state index contributed by atoms with van der Waals surface area (Å²) < 4.78 is 28.9. The summed E-state index contributed by atoms with van der Waals surface area (Å²) in [4.78, 5) is 24.7. The Hall–Kier alpha value is -3.57. The number of hydrogen-bond donors (Lipinski definition) is 1. The first-order valence-corrected chi connectivity index (χ1v) is 14.1. The minimum absolute atomic E-state index is 0.116. The van der Waals surface area contributed by atoms with Crippen LogP contribution in [0.2, 0.25) is 0 Å². The van der Waals surface area contributed by atoms with Crippen LogP contribution in [0.1, 0.15) is 55.8 Å². The van der Waals surface area contributed by atoms with Gasteiger partial charge in [-0.25, -0.2) is 19.2 Å². The van der Waals surface area contributed by atoms with Gasteiger partial charge in [0.05, 0.1) is 23.8 Å². The van der Waals surface area contributed by atoms with Gasteiger partial charge in [-0.2, -0.15) is 5.10 Å². The molecule has 1 saturated heterocycles. The van der Waals surface area contributed by atoms with Crippen molar-refractivity contribution in [3.63, 3.8) is 0 Å². The van der Waals surface area contributed by atoms with Gasteiger partial charge in [0.1, 0.15) is 22.2 Å². The van der Waals surface area contributed by atoms with Gasteiger partial charge in [-0.15, -0.1) is 11.3 Å². The van der Waals surface area contributed by atoms with E-state index in [4.69, 9.17) is 20.2 Å². The molecule has 1 aromatic carbocycles. The highest BCUT2D eigenvalue weighted by Gasteiger charge is 2.28. The number of carbonyl (C=O) groups is 1. The standard InChI is InChI=1S/C29H35FN6O3S/c1-16-20(14-33-36(16)6)19-8-7-18-21(13-32-26(31)23(18)24(19)30)27-34-22(15-35(5)28(37)39-29(2,3)4)25(40-27)17-9-11-38-12-10-17/h7-8,13-14,17H,9-12,15H2,1-6H3,(H2,31,32). The van der Waals surface area contributed by atoms with Crippen molar-refractivity contribution in [2.24, 2.45) is 7.05 Å². The van der Waals surface area contributed by atoms with Gasteiger partial charge in [-0.3, -0.25) is 4.68 Å². The van der Waals surface area contributed by atoms with Gasteiger partial charge in [-0.05, 0) is 46.5 Å². The Morgan fingerprint density at radius 3 is 2.60 bits per heavy atom. The number of halogens is 1. The number of fused-ring (bicyclic) bond motifs is 1. The number of ether oxygens (including phenoxy) is 2. The number of carbonyl (C=O) groups excluding carboxylic acids is 1. The number of aromatic nitrogens is 4. The maximum absolute atomic E-state index is 16.0. The zero-order valence-electron chi connectivity index (χ0n) is 23.7. The summed E-state index contributed by atoms with van der Waals surface area (Å²) >= 11 is 1.56. The summed E-state index contributed by atoms with van der Waals surface area (Å²) in [6.07, 6.45) is 4.63. The Kier molecular flexibility index (Phi) is 7.54. The smallest absolute Gasteiger partial charge is 0.410 e. The van der Waals surface area contributed by atoms with Gasteiger partial charge in [0.15, 0.2) is 0 Å². The predicted octanol–water partition coefficient (Wildman–Crippen LogP) is 6.05. The fourth-order valence-electron chi connectivity index (χ4n) is 4.96. The van der Waals surface area contributed by atoms with E-state index >= 15 is 4.39 Å². The van der Waals surface area contributed by atoms with Crippen molar-refractivity contribution in [1.29, 1.82) is 0 Å². The van der Waals surface area contributed by atoms with Gasteiger partial charge < -0.3 is 20.1 Å². The van der Waals surface area contributed by atoms with Crippen LogP contribution in [0.25, 0.3) is 32.5 Å². The molecule has 11 heteroatoms. The summed E-state index contributed by atoms with van der Waals surface area (Å²) in [7, 11) is 3.53. The fourth-order valence-corrected chi connectivity index (χ4v) is 6.23. The number of nitrogens with zero attached hydrogens (tertiary/aromatic N) is 5. The molecular formula is C29H35FN6O3S. The average molecular weight is 567 g/mol. The molecular weight excluding hydrogens is 531 g/mol. The zero-order chi connectivity index (χ0) is 28.8. The van der Waals surface area contributed by atoms with Crippen molar-refractivity contribution in [2.45, 2.75) is 58.6 Å². The van der Waals surface area contributed by atoms with Crippen LogP contribution in [0.5, 0.6) is 0 Å². The van der Waals surface area contributed by atoms with Crippen LogP contribution in [-0.2, 0) is 23.1 Å². The molecule has 0 aliphatic carbocycles. The Morgan fingerprint density at radius 1 is 1.23 bits per heavy atom. The lowest BCUT2D eigenvalue weighted by Crippen LogP contribution is -2.34. The number of benzene rings is 1. The van der Waals surface area contributed by atoms with Crippen LogP contribution >= 0.6 is 11.3 Å². The SMILES string of the molecule is Cc1c(-c2ccc3c(-c4nc(CN(C)C(=O)OC(C)(C)C)c(C5CCOCC5)s4)cnc(N)c3c2F)cnn1C. The van der Waals surface area contributed by atoms with Crippen molar-refractivity contribution >= 4 is 34.0 Å². The summed E-state index contributed by atoms with van der Waals surface area (Å²) in [6, 6.07) is 3.63. The van der Waals surface area contributed by atoms with E-state index in [-0.39, 0.29) is 23.7 Å². The van der Waals surface area contributed by atoms with Crippen LogP contribution in [0.3, 0.4) is 0 Å². The lowest BCUT2D eigenvalue weighted by molar-refractivity contribution is 0.0282.